The zero-order valence-electron chi connectivity index (χ0n) is 15.7. The number of rotatable bonds is 3. The fourth-order valence-corrected chi connectivity index (χ4v) is 4.01. The average molecular weight is 372 g/mol. The minimum atomic E-state index is -0.235. The topological polar surface area (TPSA) is 90.6 Å². The molecule has 1 amide bonds. The third-order valence-corrected chi connectivity index (χ3v) is 5.48. The highest BCUT2D eigenvalue weighted by Gasteiger charge is 2.42. The number of aromatic nitrogens is 3. The van der Waals surface area contributed by atoms with E-state index in [1.807, 2.05) is 4.90 Å². The van der Waals surface area contributed by atoms with E-state index in [0.29, 0.717) is 42.6 Å². The number of nitrogens with zero attached hydrogens (tertiary/aromatic N) is 4. The van der Waals surface area contributed by atoms with Crippen LogP contribution in [0, 0.1) is 13.8 Å². The summed E-state index contributed by atoms with van der Waals surface area (Å²) in [6.45, 7) is 5.54. The van der Waals surface area contributed by atoms with Gasteiger partial charge in [0, 0.05) is 38.3 Å². The van der Waals surface area contributed by atoms with Crippen molar-refractivity contribution in [1.29, 1.82) is 0 Å². The van der Waals surface area contributed by atoms with Crippen LogP contribution in [0.5, 0.6) is 5.88 Å². The minimum absolute atomic E-state index is 0.00994. The molecule has 8 heteroatoms. The molecule has 2 aromatic heterocycles. The number of amides is 1. The molecule has 0 aromatic carbocycles. The summed E-state index contributed by atoms with van der Waals surface area (Å²) in [7, 11) is 0. The Hall–Kier alpha value is -2.48. The van der Waals surface area contributed by atoms with E-state index in [0.717, 1.165) is 25.7 Å². The summed E-state index contributed by atoms with van der Waals surface area (Å²) >= 11 is 0. The molecule has 1 unspecified atom stereocenters. The van der Waals surface area contributed by atoms with Crippen LogP contribution in [0.3, 0.4) is 0 Å². The van der Waals surface area contributed by atoms with Crippen molar-refractivity contribution < 1.29 is 18.8 Å². The molecule has 0 aliphatic carbocycles. The van der Waals surface area contributed by atoms with Gasteiger partial charge in [0.1, 0.15) is 17.4 Å². The first-order chi connectivity index (χ1) is 13.1. The fraction of sp³-hybridized carbons (Fsp3) is 0.579. The van der Waals surface area contributed by atoms with Gasteiger partial charge in [-0.2, -0.15) is 0 Å². The quantitative estimate of drug-likeness (QED) is 0.816. The highest BCUT2D eigenvalue weighted by molar-refractivity contribution is 5.96. The fourth-order valence-electron chi connectivity index (χ4n) is 4.01. The van der Waals surface area contributed by atoms with Gasteiger partial charge in [-0.1, -0.05) is 5.16 Å². The largest absolute Gasteiger partial charge is 0.473 e. The van der Waals surface area contributed by atoms with E-state index in [2.05, 4.69) is 15.1 Å². The molecule has 0 N–H and O–H groups in total. The van der Waals surface area contributed by atoms with Gasteiger partial charge >= 0.3 is 0 Å². The second-order valence-corrected chi connectivity index (χ2v) is 7.30. The molecule has 8 nitrogen and oxygen atoms in total. The van der Waals surface area contributed by atoms with Crippen LogP contribution in [-0.2, 0) is 4.74 Å². The first kappa shape index (κ1) is 17.9. The van der Waals surface area contributed by atoms with Crippen LogP contribution in [0.2, 0.25) is 0 Å². The van der Waals surface area contributed by atoms with Crippen LogP contribution in [0.25, 0.3) is 0 Å². The molecule has 0 saturated carbocycles. The number of hydrogen-bond acceptors (Lipinski definition) is 7. The normalized spacial score (nSPS) is 22.0. The second-order valence-electron chi connectivity index (χ2n) is 7.30. The Morgan fingerprint density at radius 2 is 2.11 bits per heavy atom. The Balaban J connectivity index is 1.38. The van der Waals surface area contributed by atoms with Crippen LogP contribution >= 0.6 is 0 Å². The van der Waals surface area contributed by atoms with Crippen LogP contribution < -0.4 is 4.74 Å². The summed E-state index contributed by atoms with van der Waals surface area (Å²) in [4.78, 5) is 22.9. The van der Waals surface area contributed by atoms with Gasteiger partial charge in [-0.3, -0.25) is 9.78 Å². The van der Waals surface area contributed by atoms with Crippen molar-refractivity contribution in [1.82, 2.24) is 20.0 Å². The Morgan fingerprint density at radius 3 is 2.78 bits per heavy atom. The monoisotopic (exact) mass is 372 g/mol. The van der Waals surface area contributed by atoms with Crippen LogP contribution in [0.15, 0.2) is 23.1 Å². The molecule has 27 heavy (non-hydrogen) atoms. The highest BCUT2D eigenvalue weighted by Crippen LogP contribution is 2.36. The standard InChI is InChI=1S/C19H24N4O4/c1-13-17(14(2)27-22-13)18(24)23-8-4-19(5-9-23)11-15(3-10-25-19)26-16-12-20-6-7-21-16/h6-7,12,15H,3-5,8-11H2,1-2H3. The maximum atomic E-state index is 12.8. The van der Waals surface area contributed by atoms with Crippen molar-refractivity contribution in [2.45, 2.75) is 51.2 Å². The molecule has 2 aromatic rings. The van der Waals surface area contributed by atoms with E-state index >= 15 is 0 Å². The predicted octanol–water partition coefficient (Wildman–Crippen LogP) is 2.31. The summed E-state index contributed by atoms with van der Waals surface area (Å²) < 4.78 is 17.3. The molecule has 2 saturated heterocycles. The number of hydrogen-bond donors (Lipinski definition) is 0. The molecule has 1 spiro atoms. The van der Waals surface area contributed by atoms with Crippen molar-refractivity contribution in [2.24, 2.45) is 0 Å². The van der Waals surface area contributed by atoms with Crippen LogP contribution in [0.1, 0.15) is 47.5 Å². The first-order valence-corrected chi connectivity index (χ1v) is 9.35. The van der Waals surface area contributed by atoms with Crippen molar-refractivity contribution in [3.63, 3.8) is 0 Å². The number of carbonyl (C=O) groups excluding carboxylic acids is 1. The molecule has 2 fully saturated rings. The average Bonchev–Trinajstić information content (AvgIpc) is 3.01. The molecule has 2 aliphatic heterocycles. The van der Waals surface area contributed by atoms with Gasteiger partial charge in [0.15, 0.2) is 0 Å². The lowest BCUT2D eigenvalue weighted by Crippen LogP contribution is -2.52. The smallest absolute Gasteiger partial charge is 0.259 e. The lowest BCUT2D eigenvalue weighted by Gasteiger charge is -2.45. The summed E-state index contributed by atoms with van der Waals surface area (Å²) in [5.74, 6) is 1.11. The summed E-state index contributed by atoms with van der Waals surface area (Å²) in [6, 6.07) is 0. The van der Waals surface area contributed by atoms with E-state index in [-0.39, 0.29) is 17.6 Å². The van der Waals surface area contributed by atoms with Gasteiger partial charge in [0.25, 0.3) is 5.91 Å². The second kappa shape index (κ2) is 7.26. The number of aryl methyl sites for hydroxylation is 2. The SMILES string of the molecule is Cc1noc(C)c1C(=O)N1CCC2(CC1)CC(Oc1cnccn1)CCO2. The highest BCUT2D eigenvalue weighted by atomic mass is 16.5. The predicted molar refractivity (Wildman–Crippen MR) is 95.5 cm³/mol. The van der Waals surface area contributed by atoms with E-state index in [4.69, 9.17) is 14.0 Å². The van der Waals surface area contributed by atoms with Gasteiger partial charge < -0.3 is 18.9 Å². The number of ether oxygens (including phenoxy) is 2. The zero-order chi connectivity index (χ0) is 18.9. The Kier molecular flexibility index (Phi) is 4.82. The zero-order valence-corrected chi connectivity index (χ0v) is 15.7. The maximum absolute atomic E-state index is 12.8. The van der Waals surface area contributed by atoms with Crippen molar-refractivity contribution in [3.8, 4) is 5.88 Å². The Labute approximate surface area is 157 Å². The molecule has 0 bridgehead atoms. The molecule has 144 valence electrons. The first-order valence-electron chi connectivity index (χ1n) is 9.35. The van der Waals surface area contributed by atoms with E-state index in [1.165, 1.54) is 0 Å². The van der Waals surface area contributed by atoms with E-state index in [9.17, 15) is 4.79 Å². The van der Waals surface area contributed by atoms with E-state index in [1.54, 1.807) is 32.4 Å². The molecule has 4 heterocycles. The van der Waals surface area contributed by atoms with Crippen molar-refractivity contribution in [2.75, 3.05) is 19.7 Å². The molecular weight excluding hydrogens is 348 g/mol. The molecule has 1 atom stereocenters. The molecule has 0 radical (unpaired) electrons. The minimum Gasteiger partial charge on any atom is -0.473 e. The summed E-state index contributed by atoms with van der Waals surface area (Å²) in [5.41, 5.74) is 0.990. The van der Waals surface area contributed by atoms with Crippen LogP contribution in [0.4, 0.5) is 0 Å². The summed E-state index contributed by atoms with van der Waals surface area (Å²) in [6.07, 6.45) is 8.17. The molecule has 4 rings (SSSR count). The van der Waals surface area contributed by atoms with Crippen molar-refractivity contribution in [3.05, 3.63) is 35.6 Å². The lowest BCUT2D eigenvalue weighted by molar-refractivity contribution is -0.135. The van der Waals surface area contributed by atoms with Gasteiger partial charge in [-0.25, -0.2) is 4.98 Å². The maximum Gasteiger partial charge on any atom is 0.259 e. The Morgan fingerprint density at radius 1 is 1.30 bits per heavy atom. The third kappa shape index (κ3) is 3.66. The van der Waals surface area contributed by atoms with E-state index < -0.39 is 0 Å². The number of piperidine rings is 1. The Bertz CT molecular complexity index is 780. The molecule has 2 aliphatic rings. The van der Waals surface area contributed by atoms with Crippen LogP contribution in [-0.4, -0.2) is 57.3 Å². The van der Waals surface area contributed by atoms with Gasteiger partial charge in [-0.15, -0.1) is 0 Å². The number of likely N-dealkylation sites (tertiary alicyclic amines) is 1. The van der Waals surface area contributed by atoms with Crippen molar-refractivity contribution >= 4 is 5.91 Å². The summed E-state index contributed by atoms with van der Waals surface area (Å²) in [5, 5.41) is 3.89. The van der Waals surface area contributed by atoms with Gasteiger partial charge in [0.2, 0.25) is 5.88 Å². The molecular formula is C19H24N4O4. The lowest BCUT2D eigenvalue weighted by atomic mass is 9.83. The van der Waals surface area contributed by atoms with Gasteiger partial charge in [-0.05, 0) is 26.7 Å². The number of carbonyl (C=O) groups is 1. The van der Waals surface area contributed by atoms with Gasteiger partial charge in [0.05, 0.1) is 24.1 Å². The third-order valence-electron chi connectivity index (χ3n) is 5.48.